The summed E-state index contributed by atoms with van der Waals surface area (Å²) in [6.07, 6.45) is -9.56. The summed E-state index contributed by atoms with van der Waals surface area (Å²) in [4.78, 5) is 31.4. The average Bonchev–Trinajstić information content (AvgIpc) is 3.00. The monoisotopic (exact) mass is 777 g/mol. The zero-order valence-corrected chi connectivity index (χ0v) is 28.4. The first-order valence-corrected chi connectivity index (χ1v) is 17.0. The number of carbonyl (C=O) groups is 3. The lowest BCUT2D eigenvalue weighted by Gasteiger charge is -2.06. The van der Waals surface area contributed by atoms with E-state index in [9.17, 15) is 63.0 Å². The first-order valence-electron chi connectivity index (χ1n) is 14.8. The number of halogens is 9. The normalized spacial score (nSPS) is 12.1. The van der Waals surface area contributed by atoms with Crippen molar-refractivity contribution < 1.29 is 85.9 Å². The Bertz CT molecular complexity index is 921. The Morgan fingerprint density at radius 3 is 0.939 bits per heavy atom. The molecule has 13 nitrogen and oxygen atoms in total. The lowest BCUT2D eigenvalue weighted by molar-refractivity contribution is -0.173. The van der Waals surface area contributed by atoms with Crippen molar-refractivity contribution in [3.63, 3.8) is 0 Å². The second-order valence-electron chi connectivity index (χ2n) is 9.57. The first kappa shape index (κ1) is 48.9. The number of ether oxygens (including phenoxy) is 1. The smallest absolute Gasteiger partial charge is 0.385 e. The Balaban J connectivity index is 0. The molecule has 0 aliphatic carbocycles. The molecule has 0 fully saturated rings. The van der Waals surface area contributed by atoms with Crippen LogP contribution < -0.4 is 16.0 Å². The molecule has 0 saturated carbocycles. The van der Waals surface area contributed by atoms with Crippen LogP contribution in [0, 0.1) is 0 Å². The molecule has 3 amide bonds. The molecule has 0 saturated heterocycles. The Kier molecular flexibility index (Phi) is 28.4. The van der Waals surface area contributed by atoms with Gasteiger partial charge in [0.2, 0.25) is 0 Å². The minimum Gasteiger partial charge on any atom is -0.385 e. The molecule has 0 aromatic heterocycles. The number of carbonyl (C=O) groups excluding carboxylic acids is 3. The van der Waals surface area contributed by atoms with Crippen molar-refractivity contribution in [1.29, 1.82) is 0 Å². The summed E-state index contributed by atoms with van der Waals surface area (Å²) in [5.74, 6) is -6.04. The zero-order chi connectivity index (χ0) is 37.8. The van der Waals surface area contributed by atoms with E-state index >= 15 is 0 Å². The number of hydrogen-bond acceptors (Lipinski definition) is 10. The number of unbranched alkanes of at least 4 members (excludes halogenated alkanes) is 6. The van der Waals surface area contributed by atoms with Crippen molar-refractivity contribution >= 4 is 34.2 Å². The standard InChI is InChI=1S/C13H23F3NO5P.C12H17F6N2O5P/c1-20-9-5-2-3-6-10-21-23(19)22-11-7-4-8-17-12(18)13(14,15)16;13-11(14,15)9(21)19-5-1-3-7-24-26(23)25-8-4-2-6-20-10(22)12(16,17)18/h2-11H2,1H3;1-8H2,(H-,19,20,21,22)/p+2. The van der Waals surface area contributed by atoms with Gasteiger partial charge in [-0.3, -0.25) is 14.4 Å². The van der Waals surface area contributed by atoms with E-state index in [0.717, 1.165) is 32.3 Å². The van der Waals surface area contributed by atoms with Gasteiger partial charge in [-0.05, 0) is 51.4 Å². The Hall–Kier alpha value is -2.22. The third kappa shape index (κ3) is 32.7. The molecule has 0 aromatic rings. The molecule has 0 aliphatic rings. The van der Waals surface area contributed by atoms with Gasteiger partial charge in [-0.15, -0.1) is 18.1 Å². The van der Waals surface area contributed by atoms with Gasteiger partial charge in [-0.1, -0.05) is 12.8 Å². The van der Waals surface area contributed by atoms with Crippen LogP contribution in [0.5, 0.6) is 0 Å². The van der Waals surface area contributed by atoms with Crippen LogP contribution in [0.25, 0.3) is 0 Å². The molecule has 49 heavy (non-hydrogen) atoms. The number of amides is 3. The van der Waals surface area contributed by atoms with Crippen LogP contribution in [0.4, 0.5) is 39.5 Å². The maximum absolute atomic E-state index is 11.9. The van der Waals surface area contributed by atoms with Crippen molar-refractivity contribution in [3.8, 4) is 0 Å². The van der Waals surface area contributed by atoms with E-state index in [1.54, 1.807) is 23.1 Å². The van der Waals surface area contributed by atoms with E-state index in [-0.39, 0.29) is 65.1 Å². The molecule has 0 rings (SSSR count). The SMILES string of the molecule is COCCCCCCO[P+](=O)OCCCCNC(=O)C(F)(F)F.O=C(NCCCCO[P+](=O)OCCCCNC(=O)C(F)(F)F)C(F)(F)F. The molecule has 1 atom stereocenters. The van der Waals surface area contributed by atoms with E-state index < -0.39 is 52.8 Å². The van der Waals surface area contributed by atoms with Gasteiger partial charge in [0.1, 0.15) is 26.4 Å². The molecule has 0 heterocycles. The van der Waals surface area contributed by atoms with Crippen molar-refractivity contribution in [1.82, 2.24) is 16.0 Å². The third-order valence-corrected chi connectivity index (χ3v) is 6.95. The molecule has 0 spiro atoms. The van der Waals surface area contributed by atoms with Gasteiger partial charge in [0, 0.05) is 42.5 Å². The van der Waals surface area contributed by atoms with Crippen molar-refractivity contribution in [2.45, 2.75) is 82.7 Å². The van der Waals surface area contributed by atoms with Gasteiger partial charge in [0.25, 0.3) is 0 Å². The summed E-state index contributed by atoms with van der Waals surface area (Å²) in [7, 11) is -3.02. The van der Waals surface area contributed by atoms with Gasteiger partial charge in [-0.2, -0.15) is 39.5 Å². The van der Waals surface area contributed by atoms with Crippen LogP contribution >= 0.6 is 16.5 Å². The minimum absolute atomic E-state index is 0.0707. The Labute approximate surface area is 278 Å². The van der Waals surface area contributed by atoms with E-state index in [4.69, 9.17) is 22.8 Å². The summed E-state index contributed by atoms with van der Waals surface area (Å²) >= 11 is 0. The third-order valence-electron chi connectivity index (χ3n) is 5.37. The van der Waals surface area contributed by atoms with E-state index in [2.05, 4.69) is 0 Å². The second-order valence-corrected chi connectivity index (χ2v) is 11.5. The highest BCUT2D eigenvalue weighted by atomic mass is 31.1. The number of rotatable bonds is 26. The topological polar surface area (TPSA) is 168 Å². The van der Waals surface area contributed by atoms with Crippen LogP contribution in [0.3, 0.4) is 0 Å². The highest BCUT2D eigenvalue weighted by Gasteiger charge is 2.39. The fourth-order valence-corrected chi connectivity index (χ4v) is 4.18. The largest absolute Gasteiger partial charge is 0.697 e. The molecule has 3 N–H and O–H groups in total. The molecule has 0 bridgehead atoms. The highest BCUT2D eigenvalue weighted by molar-refractivity contribution is 7.33. The van der Waals surface area contributed by atoms with Crippen LogP contribution in [-0.2, 0) is 46.3 Å². The average molecular weight is 778 g/mol. The van der Waals surface area contributed by atoms with Crippen molar-refractivity contribution in [2.75, 3.05) is 59.8 Å². The summed E-state index contributed by atoms with van der Waals surface area (Å²) in [5, 5.41) is 5.06. The molecular weight excluding hydrogens is 735 g/mol. The summed E-state index contributed by atoms with van der Waals surface area (Å²) in [6, 6.07) is 0. The number of methoxy groups -OCH3 is 1. The fourth-order valence-electron chi connectivity index (χ4n) is 2.92. The van der Waals surface area contributed by atoms with Gasteiger partial charge in [-0.25, -0.2) is 0 Å². The van der Waals surface area contributed by atoms with Gasteiger partial charge < -0.3 is 20.7 Å². The number of alkyl halides is 9. The van der Waals surface area contributed by atoms with Crippen molar-refractivity contribution in [3.05, 3.63) is 0 Å². The molecule has 0 radical (unpaired) electrons. The Morgan fingerprint density at radius 1 is 0.449 bits per heavy atom. The predicted octanol–water partition coefficient (Wildman–Crippen LogP) is 5.94. The second kappa shape index (κ2) is 28.5. The first-order chi connectivity index (χ1) is 22.8. The van der Waals surface area contributed by atoms with Crippen LogP contribution in [0.2, 0.25) is 0 Å². The zero-order valence-electron chi connectivity index (χ0n) is 26.6. The van der Waals surface area contributed by atoms with Crippen molar-refractivity contribution in [2.24, 2.45) is 0 Å². The maximum Gasteiger partial charge on any atom is 0.697 e. The highest BCUT2D eigenvalue weighted by Crippen LogP contribution is 2.25. The summed E-state index contributed by atoms with van der Waals surface area (Å²) in [6.45, 7) is 0.473. The number of hydrogen-bond donors (Lipinski definition) is 3. The van der Waals surface area contributed by atoms with Gasteiger partial charge in [0.05, 0.1) is 0 Å². The minimum atomic E-state index is -4.94. The van der Waals surface area contributed by atoms with Gasteiger partial charge >= 0.3 is 52.8 Å². The quantitative estimate of drug-likeness (QED) is 0.0544. The molecule has 0 aliphatic heterocycles. The van der Waals surface area contributed by atoms with Gasteiger partial charge in [0.15, 0.2) is 0 Å². The molecule has 1 unspecified atom stereocenters. The van der Waals surface area contributed by atoms with E-state index in [0.29, 0.717) is 19.4 Å². The summed E-state index contributed by atoms with van der Waals surface area (Å²) < 4.78 is 154. The van der Waals surface area contributed by atoms with E-state index in [1.807, 2.05) is 0 Å². The molecular formula is C25H42F9N3O10P2+2. The fraction of sp³-hybridized carbons (Fsp3) is 0.880. The molecule has 288 valence electrons. The Morgan fingerprint density at radius 2 is 0.694 bits per heavy atom. The lowest BCUT2D eigenvalue weighted by atomic mass is 10.2. The van der Waals surface area contributed by atoms with E-state index in [1.165, 1.54) is 0 Å². The van der Waals surface area contributed by atoms with Crippen LogP contribution in [0.1, 0.15) is 64.2 Å². The molecule has 0 aromatic carbocycles. The number of nitrogens with one attached hydrogen (secondary N) is 3. The lowest BCUT2D eigenvalue weighted by Crippen LogP contribution is -2.37. The summed E-state index contributed by atoms with van der Waals surface area (Å²) in [5.41, 5.74) is 0. The van der Waals surface area contributed by atoms with Crippen LogP contribution in [-0.4, -0.2) is 96.0 Å². The maximum atomic E-state index is 11.9. The predicted molar refractivity (Wildman–Crippen MR) is 154 cm³/mol. The molecule has 24 heteroatoms. The van der Waals surface area contributed by atoms with Crippen LogP contribution in [0.15, 0.2) is 0 Å².